The van der Waals surface area contributed by atoms with Gasteiger partial charge in [-0.05, 0) is 25.1 Å². The molecule has 2 heterocycles. The van der Waals surface area contributed by atoms with Crippen molar-refractivity contribution in [3.05, 3.63) is 62.0 Å². The predicted octanol–water partition coefficient (Wildman–Crippen LogP) is 2.84. The van der Waals surface area contributed by atoms with Gasteiger partial charge in [-0.2, -0.15) is 5.26 Å². The number of nitriles is 1. The molecule has 1 amide bonds. The monoisotopic (exact) mass is 344 g/mol. The molecule has 1 aromatic carbocycles. The Morgan fingerprint density at radius 2 is 2.26 bits per heavy atom. The number of nitrogens with one attached hydrogen (secondary N) is 1. The van der Waals surface area contributed by atoms with Gasteiger partial charge in [0.15, 0.2) is 4.96 Å². The number of carbonyl (C=O) groups excluding carboxylic acids is 1. The number of aryl methyl sites for hydroxylation is 1. The Kier molecular flexibility index (Phi) is 3.86. The number of aromatic nitrogens is 2. The number of carbonyl (C=O) groups is 1. The molecule has 2 aromatic heterocycles. The van der Waals surface area contributed by atoms with Gasteiger partial charge in [0, 0.05) is 22.3 Å². The maximum absolute atomic E-state index is 12.4. The molecule has 0 fully saturated rings. The first-order chi connectivity index (χ1) is 11.0. The van der Waals surface area contributed by atoms with E-state index in [1.54, 1.807) is 18.4 Å². The summed E-state index contributed by atoms with van der Waals surface area (Å²) in [6.07, 6.45) is 1.24. The molecule has 0 bridgehead atoms. The summed E-state index contributed by atoms with van der Waals surface area (Å²) < 4.78 is 1.38. The first kappa shape index (κ1) is 15.2. The van der Waals surface area contributed by atoms with Crippen molar-refractivity contribution in [2.45, 2.75) is 6.92 Å². The van der Waals surface area contributed by atoms with E-state index in [9.17, 15) is 9.59 Å². The first-order valence-corrected chi connectivity index (χ1v) is 7.74. The molecule has 1 N–H and O–H groups in total. The number of halogens is 1. The van der Waals surface area contributed by atoms with Gasteiger partial charge in [0.1, 0.15) is 11.6 Å². The minimum absolute atomic E-state index is 0.104. The van der Waals surface area contributed by atoms with E-state index in [-0.39, 0.29) is 16.8 Å². The fourth-order valence-corrected chi connectivity index (χ4v) is 3.09. The van der Waals surface area contributed by atoms with Gasteiger partial charge in [-0.1, -0.05) is 11.6 Å². The Morgan fingerprint density at radius 3 is 3.00 bits per heavy atom. The molecule has 3 rings (SSSR count). The van der Waals surface area contributed by atoms with Crippen LogP contribution >= 0.6 is 22.9 Å². The Morgan fingerprint density at radius 1 is 1.48 bits per heavy atom. The van der Waals surface area contributed by atoms with Gasteiger partial charge in [0.2, 0.25) is 0 Å². The van der Waals surface area contributed by atoms with Crippen molar-refractivity contribution in [1.82, 2.24) is 9.38 Å². The lowest BCUT2D eigenvalue weighted by Crippen LogP contribution is -2.26. The van der Waals surface area contributed by atoms with E-state index in [0.29, 0.717) is 15.7 Å². The number of hydrogen-bond acceptors (Lipinski definition) is 5. The molecule has 6 nitrogen and oxygen atoms in total. The SMILES string of the molecule is Cc1csc2ncc(C(=O)Nc3cc(Cl)ccc3C#N)c(=O)n12. The summed E-state index contributed by atoms with van der Waals surface area (Å²) in [4.78, 5) is 29.5. The molecular formula is C15H9ClN4O2S. The lowest BCUT2D eigenvalue weighted by Gasteiger charge is -2.07. The van der Waals surface area contributed by atoms with Crippen molar-refractivity contribution in [2.75, 3.05) is 5.32 Å². The molecule has 0 spiro atoms. The molecule has 0 saturated carbocycles. The Bertz CT molecular complexity index is 1030. The van der Waals surface area contributed by atoms with Crippen LogP contribution in [0.5, 0.6) is 0 Å². The molecule has 0 unspecified atom stereocenters. The maximum Gasteiger partial charge on any atom is 0.271 e. The molecule has 0 saturated heterocycles. The maximum atomic E-state index is 12.4. The number of amides is 1. The van der Waals surface area contributed by atoms with Crippen LogP contribution in [0.4, 0.5) is 5.69 Å². The predicted molar refractivity (Wildman–Crippen MR) is 88.2 cm³/mol. The third-order valence-electron chi connectivity index (χ3n) is 3.21. The van der Waals surface area contributed by atoms with Gasteiger partial charge >= 0.3 is 0 Å². The van der Waals surface area contributed by atoms with E-state index in [4.69, 9.17) is 16.9 Å². The second kappa shape index (κ2) is 5.83. The fraction of sp³-hybridized carbons (Fsp3) is 0.0667. The topological polar surface area (TPSA) is 87.3 Å². The van der Waals surface area contributed by atoms with Crippen LogP contribution in [0.2, 0.25) is 5.02 Å². The van der Waals surface area contributed by atoms with Crippen molar-refractivity contribution >= 4 is 39.5 Å². The third kappa shape index (κ3) is 2.70. The van der Waals surface area contributed by atoms with Crippen molar-refractivity contribution in [1.29, 1.82) is 5.26 Å². The normalized spacial score (nSPS) is 10.5. The minimum Gasteiger partial charge on any atom is -0.320 e. The van der Waals surface area contributed by atoms with Crippen LogP contribution in [0.25, 0.3) is 4.96 Å². The third-order valence-corrected chi connectivity index (χ3v) is 4.40. The van der Waals surface area contributed by atoms with Crippen LogP contribution < -0.4 is 10.9 Å². The van der Waals surface area contributed by atoms with Crippen molar-refractivity contribution in [3.63, 3.8) is 0 Å². The Labute approximate surface area is 139 Å². The molecule has 8 heteroatoms. The van der Waals surface area contributed by atoms with Gasteiger partial charge < -0.3 is 5.32 Å². The van der Waals surface area contributed by atoms with E-state index >= 15 is 0 Å². The molecule has 0 aliphatic carbocycles. The van der Waals surface area contributed by atoms with Crippen LogP contribution in [0.3, 0.4) is 0 Å². The molecule has 0 atom stereocenters. The van der Waals surface area contributed by atoms with E-state index in [0.717, 1.165) is 0 Å². The second-order valence-electron chi connectivity index (χ2n) is 4.73. The summed E-state index contributed by atoms with van der Waals surface area (Å²) in [6, 6.07) is 6.46. The fourth-order valence-electron chi connectivity index (χ4n) is 2.09. The summed E-state index contributed by atoms with van der Waals surface area (Å²) in [7, 11) is 0. The van der Waals surface area contributed by atoms with E-state index in [2.05, 4.69) is 10.3 Å². The van der Waals surface area contributed by atoms with Gasteiger partial charge in [0.25, 0.3) is 11.5 Å². The van der Waals surface area contributed by atoms with Crippen molar-refractivity contribution in [2.24, 2.45) is 0 Å². The van der Waals surface area contributed by atoms with Crippen LogP contribution in [0.15, 0.2) is 34.6 Å². The van der Waals surface area contributed by atoms with Gasteiger partial charge in [-0.3, -0.25) is 14.0 Å². The Hall–Kier alpha value is -2.69. The van der Waals surface area contributed by atoms with Gasteiger partial charge in [0.05, 0.1) is 11.3 Å². The molecule has 23 heavy (non-hydrogen) atoms. The van der Waals surface area contributed by atoms with E-state index in [1.807, 2.05) is 6.07 Å². The zero-order valence-electron chi connectivity index (χ0n) is 11.8. The first-order valence-electron chi connectivity index (χ1n) is 6.48. The lowest BCUT2D eigenvalue weighted by molar-refractivity contribution is 0.102. The Balaban J connectivity index is 2.04. The summed E-state index contributed by atoms with van der Waals surface area (Å²) in [6.45, 7) is 1.76. The average molecular weight is 345 g/mol. The van der Waals surface area contributed by atoms with Crippen LogP contribution in [-0.2, 0) is 0 Å². The number of hydrogen-bond donors (Lipinski definition) is 1. The van der Waals surface area contributed by atoms with E-state index in [1.165, 1.54) is 34.1 Å². The summed E-state index contributed by atoms with van der Waals surface area (Å²) >= 11 is 7.20. The largest absolute Gasteiger partial charge is 0.320 e. The van der Waals surface area contributed by atoms with Gasteiger partial charge in [-0.25, -0.2) is 4.98 Å². The standard InChI is InChI=1S/C15H9ClN4O2S/c1-8-7-23-15-18-6-11(14(22)20(8)15)13(21)19-12-4-10(16)3-2-9(12)5-17/h2-4,6-7H,1H3,(H,19,21). The summed E-state index contributed by atoms with van der Waals surface area (Å²) in [5.41, 5.74) is 0.650. The van der Waals surface area contributed by atoms with E-state index < -0.39 is 11.5 Å². The van der Waals surface area contributed by atoms with Crippen molar-refractivity contribution < 1.29 is 4.79 Å². The zero-order valence-corrected chi connectivity index (χ0v) is 13.4. The number of benzene rings is 1. The minimum atomic E-state index is -0.638. The highest BCUT2D eigenvalue weighted by molar-refractivity contribution is 7.15. The quantitative estimate of drug-likeness (QED) is 0.774. The van der Waals surface area contributed by atoms with Crippen molar-refractivity contribution in [3.8, 4) is 6.07 Å². The summed E-state index contributed by atoms with van der Waals surface area (Å²) in [5.74, 6) is -0.638. The number of fused-ring (bicyclic) bond motifs is 1. The lowest BCUT2D eigenvalue weighted by atomic mass is 10.2. The zero-order chi connectivity index (χ0) is 16.6. The van der Waals surface area contributed by atoms with Crippen LogP contribution in [-0.4, -0.2) is 15.3 Å². The number of nitrogens with zero attached hydrogens (tertiary/aromatic N) is 3. The van der Waals surface area contributed by atoms with Gasteiger partial charge in [-0.15, -0.1) is 11.3 Å². The molecule has 114 valence electrons. The number of anilines is 1. The molecule has 0 radical (unpaired) electrons. The molecular weight excluding hydrogens is 336 g/mol. The van der Waals surface area contributed by atoms with Crippen LogP contribution in [0, 0.1) is 18.3 Å². The highest BCUT2D eigenvalue weighted by Crippen LogP contribution is 2.21. The number of rotatable bonds is 2. The molecule has 3 aromatic rings. The summed E-state index contributed by atoms with van der Waals surface area (Å²) in [5, 5.41) is 13.8. The smallest absolute Gasteiger partial charge is 0.271 e. The highest BCUT2D eigenvalue weighted by atomic mass is 35.5. The second-order valence-corrected chi connectivity index (χ2v) is 6.00. The molecule has 0 aliphatic rings. The number of thiazole rings is 1. The average Bonchev–Trinajstić information content (AvgIpc) is 2.90. The van der Waals surface area contributed by atoms with Crippen LogP contribution in [0.1, 0.15) is 21.6 Å². The highest BCUT2D eigenvalue weighted by Gasteiger charge is 2.16. The molecule has 0 aliphatic heterocycles.